The van der Waals surface area contributed by atoms with Crippen molar-refractivity contribution in [2.45, 2.75) is 76.5 Å². The average molecular weight is 437 g/mol. The first-order chi connectivity index (χ1) is 15.4. The molecule has 0 amide bonds. The third-order valence-electron chi connectivity index (χ3n) is 8.82. The lowest BCUT2D eigenvalue weighted by Gasteiger charge is -2.58. The standard InChI is InChI=1S/C27H40N4O/c1-21-18-28-31(19-21)17-16-29-13-10-26(25-7-5-4-6-22(25)2)11-15-30(20-24-8-9-24)23(3)27(26,32)12-14-29/h4-7,18-19,23-24,32H,8-17,20H2,1-3H3. The third-order valence-corrected chi connectivity index (χ3v) is 8.82. The molecule has 2 aromatic rings. The maximum Gasteiger partial charge on any atom is 0.0908 e. The smallest absolute Gasteiger partial charge is 0.0908 e. The molecule has 1 N–H and O–H groups in total. The molecule has 0 radical (unpaired) electrons. The van der Waals surface area contributed by atoms with Gasteiger partial charge in [-0.3, -0.25) is 9.58 Å². The van der Waals surface area contributed by atoms with E-state index in [9.17, 15) is 5.11 Å². The number of piperidine rings is 1. The normalized spacial score (nSPS) is 31.9. The molecule has 3 heterocycles. The molecule has 1 aromatic carbocycles. The van der Waals surface area contributed by atoms with E-state index in [-0.39, 0.29) is 11.5 Å². The lowest BCUT2D eigenvalue weighted by atomic mass is 9.57. The first kappa shape index (κ1) is 22.1. The van der Waals surface area contributed by atoms with Crippen LogP contribution in [-0.4, -0.2) is 69.1 Å². The summed E-state index contributed by atoms with van der Waals surface area (Å²) in [5.41, 5.74) is 3.04. The molecule has 3 fully saturated rings. The van der Waals surface area contributed by atoms with Gasteiger partial charge in [-0.05, 0) is 88.6 Å². The summed E-state index contributed by atoms with van der Waals surface area (Å²) in [6, 6.07) is 9.02. The SMILES string of the molecule is Cc1cnn(CCN2CCC3(c4ccccc4C)CCN(CC4CC4)C(C)C3(O)CC2)c1. The number of aliphatic hydroxyl groups is 1. The summed E-state index contributed by atoms with van der Waals surface area (Å²) in [5.74, 6) is 0.854. The van der Waals surface area contributed by atoms with E-state index in [1.807, 2.05) is 6.20 Å². The molecule has 5 rings (SSSR count). The highest BCUT2D eigenvalue weighted by atomic mass is 16.3. The van der Waals surface area contributed by atoms with E-state index in [1.165, 1.54) is 29.5 Å². The van der Waals surface area contributed by atoms with Gasteiger partial charge in [0.25, 0.3) is 0 Å². The number of rotatable bonds is 6. The minimum absolute atomic E-state index is 0.172. The first-order valence-corrected chi connectivity index (χ1v) is 12.7. The molecular weight excluding hydrogens is 396 g/mol. The summed E-state index contributed by atoms with van der Waals surface area (Å²) in [4.78, 5) is 5.17. The molecule has 32 heavy (non-hydrogen) atoms. The van der Waals surface area contributed by atoms with Crippen molar-refractivity contribution in [3.05, 3.63) is 53.3 Å². The fourth-order valence-electron chi connectivity index (χ4n) is 6.58. The molecule has 2 saturated heterocycles. The van der Waals surface area contributed by atoms with E-state index in [2.05, 4.69) is 70.8 Å². The van der Waals surface area contributed by atoms with Gasteiger partial charge in [0.05, 0.1) is 18.3 Å². The van der Waals surface area contributed by atoms with Gasteiger partial charge >= 0.3 is 0 Å². The van der Waals surface area contributed by atoms with E-state index < -0.39 is 5.60 Å². The Hall–Kier alpha value is -1.69. The predicted molar refractivity (Wildman–Crippen MR) is 129 cm³/mol. The van der Waals surface area contributed by atoms with E-state index in [1.54, 1.807) is 0 Å². The van der Waals surface area contributed by atoms with Gasteiger partial charge in [0.1, 0.15) is 0 Å². The van der Waals surface area contributed by atoms with Crippen LogP contribution in [0.2, 0.25) is 0 Å². The van der Waals surface area contributed by atoms with Gasteiger partial charge < -0.3 is 10.0 Å². The van der Waals surface area contributed by atoms with Crippen LogP contribution in [0.4, 0.5) is 0 Å². The van der Waals surface area contributed by atoms with Crippen LogP contribution in [0.15, 0.2) is 36.7 Å². The largest absolute Gasteiger partial charge is 0.387 e. The Bertz CT molecular complexity index is 937. The van der Waals surface area contributed by atoms with Crippen LogP contribution in [0.5, 0.6) is 0 Å². The molecule has 5 nitrogen and oxygen atoms in total. The maximum absolute atomic E-state index is 12.6. The number of fused-ring (bicyclic) bond motifs is 1. The quantitative estimate of drug-likeness (QED) is 0.749. The highest BCUT2D eigenvalue weighted by Gasteiger charge is 2.59. The molecule has 1 aromatic heterocycles. The number of aryl methyl sites for hydroxylation is 2. The molecule has 3 atom stereocenters. The van der Waals surface area contributed by atoms with Crippen LogP contribution in [0.25, 0.3) is 0 Å². The summed E-state index contributed by atoms with van der Waals surface area (Å²) in [6.45, 7) is 12.8. The van der Waals surface area contributed by atoms with Crippen LogP contribution >= 0.6 is 0 Å². The molecule has 0 bridgehead atoms. The van der Waals surface area contributed by atoms with Crippen LogP contribution in [0.3, 0.4) is 0 Å². The van der Waals surface area contributed by atoms with Crippen molar-refractivity contribution in [1.82, 2.24) is 19.6 Å². The second-order valence-electron chi connectivity index (χ2n) is 10.8. The summed E-state index contributed by atoms with van der Waals surface area (Å²) in [7, 11) is 0. The molecule has 0 spiro atoms. The molecule has 2 aliphatic heterocycles. The van der Waals surface area contributed by atoms with Crippen molar-refractivity contribution in [1.29, 1.82) is 0 Å². The molecule has 3 unspecified atom stereocenters. The van der Waals surface area contributed by atoms with Crippen LogP contribution in [0.1, 0.15) is 55.7 Å². The van der Waals surface area contributed by atoms with E-state index in [0.717, 1.165) is 64.4 Å². The minimum atomic E-state index is -0.705. The van der Waals surface area contributed by atoms with E-state index in [4.69, 9.17) is 0 Å². The fraction of sp³-hybridized carbons (Fsp3) is 0.667. The number of benzene rings is 1. The highest BCUT2D eigenvalue weighted by molar-refractivity contribution is 5.39. The second kappa shape index (κ2) is 8.58. The Morgan fingerprint density at radius 2 is 1.78 bits per heavy atom. The van der Waals surface area contributed by atoms with Crippen LogP contribution < -0.4 is 0 Å². The van der Waals surface area contributed by atoms with Crippen molar-refractivity contribution >= 4 is 0 Å². The predicted octanol–water partition coefficient (Wildman–Crippen LogP) is 3.77. The Kier molecular flexibility index (Phi) is 5.93. The van der Waals surface area contributed by atoms with Gasteiger partial charge in [0.15, 0.2) is 0 Å². The molecular formula is C27H40N4O. The summed E-state index contributed by atoms with van der Waals surface area (Å²) in [5, 5.41) is 17.1. The Morgan fingerprint density at radius 3 is 2.50 bits per heavy atom. The second-order valence-corrected chi connectivity index (χ2v) is 10.8. The molecule has 3 aliphatic rings. The molecule has 1 saturated carbocycles. The molecule has 174 valence electrons. The zero-order valence-electron chi connectivity index (χ0n) is 20.1. The summed E-state index contributed by atoms with van der Waals surface area (Å²) in [6.07, 6.45) is 9.70. The van der Waals surface area contributed by atoms with E-state index in [0.29, 0.717) is 0 Å². The Labute approximate surface area is 193 Å². The van der Waals surface area contributed by atoms with Crippen molar-refractivity contribution in [2.75, 3.05) is 32.7 Å². The van der Waals surface area contributed by atoms with Gasteiger partial charge in [-0.1, -0.05) is 24.3 Å². The minimum Gasteiger partial charge on any atom is -0.387 e. The number of hydrogen-bond acceptors (Lipinski definition) is 4. The van der Waals surface area contributed by atoms with E-state index >= 15 is 0 Å². The van der Waals surface area contributed by atoms with Gasteiger partial charge in [0, 0.05) is 37.3 Å². The zero-order chi connectivity index (χ0) is 22.3. The van der Waals surface area contributed by atoms with Gasteiger partial charge in [-0.15, -0.1) is 0 Å². The van der Waals surface area contributed by atoms with Crippen molar-refractivity contribution in [3.63, 3.8) is 0 Å². The Balaban J connectivity index is 1.42. The number of nitrogens with zero attached hydrogens (tertiary/aromatic N) is 4. The lowest BCUT2D eigenvalue weighted by Crippen LogP contribution is -2.68. The number of hydrogen-bond donors (Lipinski definition) is 1. The summed E-state index contributed by atoms with van der Waals surface area (Å²) < 4.78 is 2.05. The van der Waals surface area contributed by atoms with Crippen molar-refractivity contribution < 1.29 is 5.11 Å². The Morgan fingerprint density at radius 1 is 1.03 bits per heavy atom. The van der Waals surface area contributed by atoms with Gasteiger partial charge in [-0.25, -0.2) is 0 Å². The van der Waals surface area contributed by atoms with Crippen molar-refractivity contribution in [3.8, 4) is 0 Å². The highest BCUT2D eigenvalue weighted by Crippen LogP contribution is 2.52. The molecule has 5 heteroatoms. The average Bonchev–Trinajstić information content (AvgIpc) is 3.53. The zero-order valence-corrected chi connectivity index (χ0v) is 20.1. The third kappa shape index (κ3) is 3.93. The summed E-state index contributed by atoms with van der Waals surface area (Å²) >= 11 is 0. The van der Waals surface area contributed by atoms with Crippen molar-refractivity contribution in [2.24, 2.45) is 5.92 Å². The first-order valence-electron chi connectivity index (χ1n) is 12.7. The lowest BCUT2D eigenvalue weighted by molar-refractivity contribution is -0.136. The topological polar surface area (TPSA) is 44.5 Å². The fourth-order valence-corrected chi connectivity index (χ4v) is 6.58. The van der Waals surface area contributed by atoms with Gasteiger partial charge in [0.2, 0.25) is 0 Å². The van der Waals surface area contributed by atoms with Crippen LogP contribution in [0, 0.1) is 19.8 Å². The van der Waals surface area contributed by atoms with Crippen LogP contribution in [-0.2, 0) is 12.0 Å². The molecule has 1 aliphatic carbocycles. The van der Waals surface area contributed by atoms with Gasteiger partial charge in [-0.2, -0.15) is 5.10 Å². The number of likely N-dealkylation sites (tertiary alicyclic amines) is 2. The monoisotopic (exact) mass is 436 g/mol. The maximum atomic E-state index is 12.6. The number of aromatic nitrogens is 2.